The Labute approximate surface area is 145 Å². The van der Waals surface area contributed by atoms with Gasteiger partial charge in [-0.1, -0.05) is 31.2 Å². The second kappa shape index (κ2) is 8.04. The molecule has 0 radical (unpaired) electrons. The Hall–Kier alpha value is -2.52. The number of sulfonamides is 1. The first-order valence-electron chi connectivity index (χ1n) is 7.73. The predicted octanol–water partition coefficient (Wildman–Crippen LogP) is 0.372. The van der Waals surface area contributed by atoms with Crippen molar-refractivity contribution in [3.05, 3.63) is 63.6 Å². The summed E-state index contributed by atoms with van der Waals surface area (Å²) in [5, 5.41) is 11.7. The van der Waals surface area contributed by atoms with Gasteiger partial charge in [0.05, 0.1) is 5.75 Å². The highest BCUT2D eigenvalue weighted by Crippen LogP contribution is 2.07. The molecule has 0 saturated carbocycles. The van der Waals surface area contributed by atoms with Crippen molar-refractivity contribution in [3.63, 3.8) is 0 Å². The lowest BCUT2D eigenvalue weighted by Crippen LogP contribution is -2.29. The number of hydrogen-bond acceptors (Lipinski definition) is 5. The van der Waals surface area contributed by atoms with E-state index in [-0.39, 0.29) is 23.6 Å². The van der Waals surface area contributed by atoms with Crippen LogP contribution >= 0.6 is 0 Å². The van der Waals surface area contributed by atoms with E-state index in [0.29, 0.717) is 12.1 Å². The third-order valence-corrected chi connectivity index (χ3v) is 4.11. The number of hydrogen-bond donors (Lipinski definition) is 2. The van der Waals surface area contributed by atoms with Crippen molar-refractivity contribution in [3.8, 4) is 0 Å². The van der Waals surface area contributed by atoms with Gasteiger partial charge in [0, 0.05) is 19.2 Å². The van der Waals surface area contributed by atoms with E-state index in [1.54, 1.807) is 24.3 Å². The molecule has 0 spiro atoms. The molecule has 1 aromatic heterocycles. The van der Waals surface area contributed by atoms with E-state index in [2.05, 4.69) is 10.4 Å². The van der Waals surface area contributed by atoms with E-state index in [9.17, 15) is 18.0 Å². The van der Waals surface area contributed by atoms with Crippen molar-refractivity contribution in [2.45, 2.75) is 32.2 Å². The van der Waals surface area contributed by atoms with Gasteiger partial charge in [-0.3, -0.25) is 9.59 Å². The number of aromatic nitrogens is 2. The van der Waals surface area contributed by atoms with Crippen LogP contribution in [0, 0.1) is 0 Å². The van der Waals surface area contributed by atoms with Gasteiger partial charge in [-0.25, -0.2) is 18.2 Å². The predicted molar refractivity (Wildman–Crippen MR) is 93.2 cm³/mol. The molecule has 0 aliphatic carbocycles. The molecule has 134 valence electrons. The van der Waals surface area contributed by atoms with Crippen LogP contribution in [0.3, 0.4) is 0 Å². The number of rotatable bonds is 7. The second-order valence-corrected chi connectivity index (χ2v) is 7.20. The third kappa shape index (κ3) is 5.80. The first-order valence-corrected chi connectivity index (χ1v) is 9.44. The quantitative estimate of drug-likeness (QED) is 0.734. The minimum absolute atomic E-state index is 0.166. The maximum atomic E-state index is 12.2. The fourth-order valence-electron chi connectivity index (χ4n) is 2.20. The van der Waals surface area contributed by atoms with E-state index < -0.39 is 15.9 Å². The van der Waals surface area contributed by atoms with Crippen molar-refractivity contribution in [2.24, 2.45) is 5.14 Å². The highest BCUT2D eigenvalue weighted by Gasteiger charge is 2.10. The van der Waals surface area contributed by atoms with Crippen LogP contribution in [0.5, 0.6) is 0 Å². The summed E-state index contributed by atoms with van der Waals surface area (Å²) in [5.74, 6) is -0.624. The molecule has 0 atom stereocenters. The van der Waals surface area contributed by atoms with E-state index in [1.807, 2.05) is 6.92 Å². The smallest absolute Gasteiger partial charge is 0.271 e. The molecule has 8 nitrogen and oxygen atoms in total. The summed E-state index contributed by atoms with van der Waals surface area (Å²) in [6, 6.07) is 9.42. The summed E-state index contributed by atoms with van der Waals surface area (Å²) >= 11 is 0. The zero-order valence-corrected chi connectivity index (χ0v) is 14.6. The van der Waals surface area contributed by atoms with Gasteiger partial charge in [-0.2, -0.15) is 5.10 Å². The molecule has 3 N–H and O–H groups in total. The number of carbonyl (C=O) groups excluding carboxylic acids is 1. The fraction of sp³-hybridized carbons (Fsp3) is 0.312. The summed E-state index contributed by atoms with van der Waals surface area (Å²) in [6.07, 6.45) is 0.739. The molecule has 1 aromatic carbocycles. The number of benzene rings is 1. The zero-order chi connectivity index (χ0) is 18.4. The van der Waals surface area contributed by atoms with E-state index in [0.717, 1.165) is 12.0 Å². The average molecular weight is 364 g/mol. The summed E-state index contributed by atoms with van der Waals surface area (Å²) in [5.41, 5.74) is 1.29. The molecule has 0 unspecified atom stereocenters. The molecule has 1 amide bonds. The Balaban J connectivity index is 2.00. The molecular formula is C16H20N4O4S. The minimum Gasteiger partial charge on any atom is -0.347 e. The maximum Gasteiger partial charge on any atom is 0.271 e. The van der Waals surface area contributed by atoms with Crippen molar-refractivity contribution in [1.29, 1.82) is 0 Å². The number of primary sulfonamides is 1. The monoisotopic (exact) mass is 364 g/mol. The lowest BCUT2D eigenvalue weighted by molar-refractivity contribution is 0.0943. The van der Waals surface area contributed by atoms with Gasteiger partial charge in [0.1, 0.15) is 5.69 Å². The Bertz CT molecular complexity index is 904. The molecule has 0 aliphatic heterocycles. The molecule has 2 aromatic rings. The number of nitrogens with two attached hydrogens (primary N) is 1. The highest BCUT2D eigenvalue weighted by atomic mass is 32.2. The minimum atomic E-state index is -3.57. The largest absolute Gasteiger partial charge is 0.347 e. The molecule has 1 heterocycles. The number of aryl methyl sites for hydroxylation is 1. The fourth-order valence-corrected chi connectivity index (χ4v) is 2.86. The highest BCUT2D eigenvalue weighted by molar-refractivity contribution is 7.88. The van der Waals surface area contributed by atoms with Gasteiger partial charge >= 0.3 is 0 Å². The molecule has 9 heteroatoms. The van der Waals surface area contributed by atoms with Crippen molar-refractivity contribution in [1.82, 2.24) is 15.1 Å². The van der Waals surface area contributed by atoms with Crippen LogP contribution in [-0.4, -0.2) is 24.1 Å². The summed E-state index contributed by atoms with van der Waals surface area (Å²) in [6.45, 7) is 2.62. The number of nitrogens with zero attached hydrogens (tertiary/aromatic N) is 2. The molecule has 0 aliphatic rings. The normalized spacial score (nSPS) is 11.3. The lowest BCUT2D eigenvalue weighted by atomic mass is 10.1. The summed E-state index contributed by atoms with van der Waals surface area (Å²) in [7, 11) is -3.57. The van der Waals surface area contributed by atoms with Crippen LogP contribution in [0.1, 0.15) is 35.0 Å². The van der Waals surface area contributed by atoms with Crippen molar-refractivity contribution < 1.29 is 13.2 Å². The molecule has 0 saturated heterocycles. The Morgan fingerprint density at radius 2 is 1.80 bits per heavy atom. The second-order valence-electron chi connectivity index (χ2n) is 5.59. The number of carbonyl (C=O) groups is 1. The average Bonchev–Trinajstić information content (AvgIpc) is 2.55. The van der Waals surface area contributed by atoms with Gasteiger partial charge in [0.25, 0.3) is 11.5 Å². The van der Waals surface area contributed by atoms with Crippen molar-refractivity contribution >= 4 is 15.9 Å². The zero-order valence-electron chi connectivity index (χ0n) is 13.8. The standard InChI is InChI=1S/C16H20N4O4S/c1-2-9-20-15(21)8-7-14(19-20)16(22)18-10-12-3-5-13(6-4-12)11-25(17,23)24/h3-8H,2,9-11H2,1H3,(H,18,22)(H2,17,23,24). The first-order chi connectivity index (χ1) is 11.8. The molecule has 0 fully saturated rings. The Morgan fingerprint density at radius 3 is 2.40 bits per heavy atom. The third-order valence-electron chi connectivity index (χ3n) is 3.38. The number of amides is 1. The summed E-state index contributed by atoms with van der Waals surface area (Å²) < 4.78 is 23.4. The van der Waals surface area contributed by atoms with Gasteiger partial charge in [-0.15, -0.1) is 0 Å². The molecule has 2 rings (SSSR count). The Kier molecular flexibility index (Phi) is 6.05. The van der Waals surface area contributed by atoms with Crippen LogP contribution in [0.4, 0.5) is 0 Å². The van der Waals surface area contributed by atoms with Crippen LogP contribution in [0.15, 0.2) is 41.2 Å². The van der Waals surface area contributed by atoms with Crippen LogP contribution in [0.2, 0.25) is 0 Å². The Morgan fingerprint density at radius 1 is 1.16 bits per heavy atom. The maximum absolute atomic E-state index is 12.2. The van der Waals surface area contributed by atoms with Crippen LogP contribution in [-0.2, 0) is 28.9 Å². The van der Waals surface area contributed by atoms with E-state index >= 15 is 0 Å². The van der Waals surface area contributed by atoms with Crippen molar-refractivity contribution in [2.75, 3.05) is 0 Å². The topological polar surface area (TPSA) is 124 Å². The molecule has 25 heavy (non-hydrogen) atoms. The van der Waals surface area contributed by atoms with Gasteiger partial charge in [0.2, 0.25) is 10.0 Å². The van der Waals surface area contributed by atoms with Crippen LogP contribution in [0.25, 0.3) is 0 Å². The number of nitrogens with one attached hydrogen (secondary N) is 1. The van der Waals surface area contributed by atoms with Gasteiger partial charge < -0.3 is 5.32 Å². The van der Waals surface area contributed by atoms with Crippen LogP contribution < -0.4 is 16.0 Å². The first kappa shape index (κ1) is 18.8. The van der Waals surface area contributed by atoms with Gasteiger partial charge in [-0.05, 0) is 23.6 Å². The van der Waals surface area contributed by atoms with E-state index in [1.165, 1.54) is 16.8 Å². The molecule has 0 bridgehead atoms. The SMILES string of the molecule is CCCn1nc(C(=O)NCc2ccc(CS(N)(=O)=O)cc2)ccc1=O. The summed E-state index contributed by atoms with van der Waals surface area (Å²) in [4.78, 5) is 23.8. The van der Waals surface area contributed by atoms with E-state index in [4.69, 9.17) is 5.14 Å². The lowest BCUT2D eigenvalue weighted by Gasteiger charge is -2.08. The molecular weight excluding hydrogens is 344 g/mol. The van der Waals surface area contributed by atoms with Gasteiger partial charge in [0.15, 0.2) is 0 Å².